The SMILES string of the molecule is CC/C(=C(\ON)c1c(C)cccc1-n1nnn(C)c1=O)c1cccc2c1CCCC2. The van der Waals surface area contributed by atoms with Crippen molar-refractivity contribution in [1.82, 2.24) is 19.8 Å². The molecule has 0 spiro atoms. The van der Waals surface area contributed by atoms with Crippen molar-refractivity contribution in [2.75, 3.05) is 0 Å². The molecule has 1 aromatic heterocycles. The van der Waals surface area contributed by atoms with Gasteiger partial charge in [-0.15, -0.1) is 0 Å². The molecule has 0 radical (unpaired) electrons. The van der Waals surface area contributed by atoms with Crippen molar-refractivity contribution < 1.29 is 4.84 Å². The van der Waals surface area contributed by atoms with E-state index in [9.17, 15) is 4.79 Å². The quantitative estimate of drug-likeness (QED) is 0.400. The van der Waals surface area contributed by atoms with Gasteiger partial charge in [0, 0.05) is 18.2 Å². The Morgan fingerprint density at radius 2 is 1.90 bits per heavy atom. The number of benzene rings is 2. The number of nitrogens with zero attached hydrogens (tertiary/aromatic N) is 4. The van der Waals surface area contributed by atoms with E-state index in [4.69, 9.17) is 10.7 Å². The van der Waals surface area contributed by atoms with Crippen LogP contribution in [0.3, 0.4) is 0 Å². The molecule has 0 saturated carbocycles. The van der Waals surface area contributed by atoms with Gasteiger partial charge < -0.3 is 4.84 Å². The molecular formula is C23H27N5O2. The monoisotopic (exact) mass is 405 g/mol. The molecule has 7 heteroatoms. The van der Waals surface area contributed by atoms with Crippen LogP contribution < -0.4 is 11.6 Å². The zero-order valence-electron chi connectivity index (χ0n) is 17.7. The molecule has 7 nitrogen and oxygen atoms in total. The third kappa shape index (κ3) is 3.35. The lowest BCUT2D eigenvalue weighted by molar-refractivity contribution is 0.291. The van der Waals surface area contributed by atoms with Gasteiger partial charge in [0.1, 0.15) is 0 Å². The van der Waals surface area contributed by atoms with Crippen molar-refractivity contribution in [1.29, 1.82) is 0 Å². The minimum absolute atomic E-state index is 0.326. The van der Waals surface area contributed by atoms with Crippen molar-refractivity contribution in [3.8, 4) is 5.69 Å². The second-order valence-corrected chi connectivity index (χ2v) is 7.70. The van der Waals surface area contributed by atoms with E-state index in [1.807, 2.05) is 25.1 Å². The highest BCUT2D eigenvalue weighted by molar-refractivity contribution is 5.91. The number of aryl methyl sites for hydroxylation is 3. The van der Waals surface area contributed by atoms with Gasteiger partial charge in [0.2, 0.25) is 0 Å². The second-order valence-electron chi connectivity index (χ2n) is 7.70. The third-order valence-electron chi connectivity index (χ3n) is 5.89. The first-order valence-electron chi connectivity index (χ1n) is 10.4. The molecular weight excluding hydrogens is 378 g/mol. The van der Waals surface area contributed by atoms with E-state index >= 15 is 0 Å². The Bertz CT molecular complexity index is 1170. The summed E-state index contributed by atoms with van der Waals surface area (Å²) in [6.07, 6.45) is 5.30. The van der Waals surface area contributed by atoms with Crippen molar-refractivity contribution >= 4 is 11.3 Å². The summed E-state index contributed by atoms with van der Waals surface area (Å²) in [7, 11) is 1.57. The second kappa shape index (κ2) is 8.28. The summed E-state index contributed by atoms with van der Waals surface area (Å²) in [5.74, 6) is 6.44. The van der Waals surface area contributed by atoms with Crippen LogP contribution in [0, 0.1) is 6.92 Å². The zero-order chi connectivity index (χ0) is 21.3. The van der Waals surface area contributed by atoms with E-state index in [0.717, 1.165) is 36.0 Å². The maximum Gasteiger partial charge on any atom is 0.368 e. The summed E-state index contributed by atoms with van der Waals surface area (Å²) in [5, 5.41) is 7.89. The molecule has 30 heavy (non-hydrogen) atoms. The summed E-state index contributed by atoms with van der Waals surface area (Å²) in [5.41, 5.74) is 6.96. The highest BCUT2D eigenvalue weighted by Gasteiger charge is 2.23. The Labute approximate surface area is 175 Å². The summed E-state index contributed by atoms with van der Waals surface area (Å²) in [6.45, 7) is 4.08. The van der Waals surface area contributed by atoms with E-state index in [2.05, 4.69) is 35.5 Å². The molecule has 2 N–H and O–H groups in total. The Morgan fingerprint density at radius 1 is 1.13 bits per heavy atom. The lowest BCUT2D eigenvalue weighted by atomic mass is 9.84. The van der Waals surface area contributed by atoms with E-state index in [1.165, 1.54) is 38.9 Å². The number of allylic oxidation sites excluding steroid dienone is 1. The molecule has 0 amide bonds. The van der Waals surface area contributed by atoms with E-state index < -0.39 is 0 Å². The van der Waals surface area contributed by atoms with Gasteiger partial charge in [-0.1, -0.05) is 37.3 Å². The maximum atomic E-state index is 12.6. The predicted octanol–water partition coefficient (Wildman–Crippen LogP) is 3.32. The van der Waals surface area contributed by atoms with E-state index in [-0.39, 0.29) is 5.69 Å². The van der Waals surface area contributed by atoms with Gasteiger partial charge in [0.25, 0.3) is 0 Å². The van der Waals surface area contributed by atoms with Crippen LogP contribution in [0.1, 0.15) is 54.0 Å². The van der Waals surface area contributed by atoms with Gasteiger partial charge in [-0.3, -0.25) is 0 Å². The molecule has 156 valence electrons. The highest BCUT2D eigenvalue weighted by atomic mass is 16.6. The number of rotatable bonds is 5. The van der Waals surface area contributed by atoms with Gasteiger partial charge in [-0.05, 0) is 77.8 Å². The first-order chi connectivity index (χ1) is 14.6. The minimum atomic E-state index is -0.326. The molecule has 0 bridgehead atoms. The molecule has 0 aliphatic heterocycles. The number of aromatic nitrogens is 4. The summed E-state index contributed by atoms with van der Waals surface area (Å²) in [6, 6.07) is 12.2. The fourth-order valence-electron chi connectivity index (χ4n) is 4.41. The van der Waals surface area contributed by atoms with E-state index in [1.54, 1.807) is 7.05 Å². The zero-order valence-corrected chi connectivity index (χ0v) is 17.7. The maximum absolute atomic E-state index is 12.6. The van der Waals surface area contributed by atoms with E-state index in [0.29, 0.717) is 11.4 Å². The Morgan fingerprint density at radius 3 is 2.60 bits per heavy atom. The van der Waals surface area contributed by atoms with Crippen LogP contribution in [0.15, 0.2) is 41.2 Å². The average Bonchev–Trinajstić information content (AvgIpc) is 3.10. The number of fused-ring (bicyclic) bond motifs is 1. The van der Waals surface area contributed by atoms with Crippen molar-refractivity contribution in [3.05, 3.63) is 74.7 Å². The van der Waals surface area contributed by atoms with Gasteiger partial charge in [0.05, 0.1) is 5.69 Å². The average molecular weight is 406 g/mol. The predicted molar refractivity (Wildman–Crippen MR) is 117 cm³/mol. The van der Waals surface area contributed by atoms with Gasteiger partial charge in [-0.25, -0.2) is 4.79 Å². The number of hydrogen-bond acceptors (Lipinski definition) is 5. The summed E-state index contributed by atoms with van der Waals surface area (Å²) >= 11 is 0. The van der Waals surface area contributed by atoms with Crippen LogP contribution >= 0.6 is 0 Å². The van der Waals surface area contributed by atoms with Gasteiger partial charge >= 0.3 is 5.69 Å². The van der Waals surface area contributed by atoms with Gasteiger partial charge in [0.15, 0.2) is 5.76 Å². The Hall–Kier alpha value is -3.19. The number of nitrogens with two attached hydrogens (primary N) is 1. The van der Waals surface area contributed by atoms with Crippen LogP contribution in [0.25, 0.3) is 17.0 Å². The van der Waals surface area contributed by atoms with Crippen LogP contribution in [0.2, 0.25) is 0 Å². The summed E-state index contributed by atoms with van der Waals surface area (Å²) < 4.78 is 2.49. The first kappa shape index (κ1) is 20.1. The molecule has 0 unspecified atom stereocenters. The molecule has 1 aliphatic rings. The fourth-order valence-corrected chi connectivity index (χ4v) is 4.41. The minimum Gasteiger partial charge on any atom is -0.410 e. The topological polar surface area (TPSA) is 88.0 Å². The standard InChI is InChI=1S/C23H27N5O2/c1-4-17(19-13-8-11-16-10-5-6-12-18(16)19)22(30-24)21-15(2)9-7-14-20(21)28-23(29)27(3)25-26-28/h7-9,11,13-14H,4-6,10,12,24H2,1-3H3/b22-17+. The normalized spacial score (nSPS) is 14.3. The molecule has 1 heterocycles. The third-order valence-corrected chi connectivity index (χ3v) is 5.89. The van der Waals surface area contributed by atoms with Crippen molar-refractivity contribution in [2.24, 2.45) is 12.9 Å². The summed E-state index contributed by atoms with van der Waals surface area (Å²) in [4.78, 5) is 18.1. The molecule has 4 rings (SSSR count). The lowest BCUT2D eigenvalue weighted by Gasteiger charge is -2.23. The van der Waals surface area contributed by atoms with Crippen LogP contribution in [-0.2, 0) is 24.7 Å². The molecule has 0 saturated heterocycles. The van der Waals surface area contributed by atoms with Crippen molar-refractivity contribution in [2.45, 2.75) is 46.0 Å². The number of tetrazole rings is 1. The van der Waals surface area contributed by atoms with Crippen LogP contribution in [-0.4, -0.2) is 19.8 Å². The smallest absolute Gasteiger partial charge is 0.368 e. The molecule has 3 aromatic rings. The number of hydrogen-bond donors (Lipinski definition) is 1. The van der Waals surface area contributed by atoms with Crippen molar-refractivity contribution in [3.63, 3.8) is 0 Å². The highest BCUT2D eigenvalue weighted by Crippen LogP contribution is 2.37. The largest absolute Gasteiger partial charge is 0.410 e. The Kier molecular flexibility index (Phi) is 5.55. The van der Waals surface area contributed by atoms with Gasteiger partial charge in [-0.2, -0.15) is 15.3 Å². The fraction of sp³-hybridized carbons (Fsp3) is 0.348. The molecule has 0 atom stereocenters. The lowest BCUT2D eigenvalue weighted by Crippen LogP contribution is -2.23. The van der Waals surface area contributed by atoms with Crippen LogP contribution in [0.4, 0.5) is 0 Å². The molecule has 2 aromatic carbocycles. The molecule has 0 fully saturated rings. The Balaban J connectivity index is 2.00. The molecule has 1 aliphatic carbocycles. The van der Waals surface area contributed by atoms with Crippen LogP contribution in [0.5, 0.6) is 0 Å². The first-order valence-corrected chi connectivity index (χ1v) is 10.4.